The molecule has 0 aliphatic carbocycles. The van der Waals surface area contributed by atoms with Crippen LogP contribution < -0.4 is 0 Å². The maximum atomic E-state index is 11.2. The Labute approximate surface area is 103 Å². The van der Waals surface area contributed by atoms with E-state index in [4.69, 9.17) is 0 Å². The molecule has 0 bridgehead atoms. The third-order valence-corrected chi connectivity index (χ3v) is 3.79. The zero-order valence-corrected chi connectivity index (χ0v) is 10.2. The van der Waals surface area contributed by atoms with Crippen LogP contribution in [0.5, 0.6) is 0 Å². The van der Waals surface area contributed by atoms with Crippen molar-refractivity contribution < 1.29 is 4.79 Å². The number of hydrogen-bond acceptors (Lipinski definition) is 2. The van der Waals surface area contributed by atoms with Crippen LogP contribution in [0.3, 0.4) is 0 Å². The Morgan fingerprint density at radius 3 is 2.71 bits per heavy atom. The number of aryl methyl sites for hydroxylation is 1. The summed E-state index contributed by atoms with van der Waals surface area (Å²) in [6.07, 6.45) is 0.912. The summed E-state index contributed by atoms with van der Waals surface area (Å²) in [4.78, 5) is 12.4. The monoisotopic (exact) mass is 241 g/mol. The average Bonchev–Trinajstić information content (AvgIpc) is 2.91. The van der Waals surface area contributed by atoms with Gasteiger partial charge in [-0.25, -0.2) is 0 Å². The summed E-state index contributed by atoms with van der Waals surface area (Å²) in [6, 6.07) is 14.1. The SMILES string of the molecule is Cc1ccc(-n2c(C=O)cc3ccccc32)s1. The van der Waals surface area contributed by atoms with Gasteiger partial charge in [-0.3, -0.25) is 9.36 Å². The Morgan fingerprint density at radius 1 is 1.18 bits per heavy atom. The summed E-state index contributed by atoms with van der Waals surface area (Å²) < 4.78 is 2.01. The Morgan fingerprint density at radius 2 is 2.00 bits per heavy atom. The second-order valence-electron chi connectivity index (χ2n) is 3.97. The molecule has 0 aliphatic heterocycles. The van der Waals surface area contributed by atoms with Crippen LogP contribution in [0.2, 0.25) is 0 Å². The first-order valence-electron chi connectivity index (χ1n) is 5.42. The third-order valence-electron chi connectivity index (χ3n) is 2.81. The molecular formula is C14H11NOS. The van der Waals surface area contributed by atoms with Crippen molar-refractivity contribution in [2.45, 2.75) is 6.92 Å². The highest BCUT2D eigenvalue weighted by molar-refractivity contribution is 7.14. The van der Waals surface area contributed by atoms with Gasteiger partial charge in [0.1, 0.15) is 5.00 Å². The lowest BCUT2D eigenvalue weighted by molar-refractivity contribution is 0.111. The number of aromatic nitrogens is 1. The smallest absolute Gasteiger partial charge is 0.166 e. The summed E-state index contributed by atoms with van der Waals surface area (Å²) in [5.74, 6) is 0. The van der Waals surface area contributed by atoms with E-state index >= 15 is 0 Å². The van der Waals surface area contributed by atoms with E-state index in [0.29, 0.717) is 5.69 Å². The predicted molar refractivity (Wildman–Crippen MR) is 71.3 cm³/mol. The van der Waals surface area contributed by atoms with Gasteiger partial charge in [0, 0.05) is 10.3 Å². The molecule has 0 spiro atoms. The van der Waals surface area contributed by atoms with Gasteiger partial charge in [-0.05, 0) is 31.2 Å². The molecule has 2 aromatic heterocycles. The lowest BCUT2D eigenvalue weighted by Crippen LogP contribution is -1.95. The van der Waals surface area contributed by atoms with Gasteiger partial charge in [0.25, 0.3) is 0 Å². The zero-order chi connectivity index (χ0) is 11.8. The van der Waals surface area contributed by atoms with Gasteiger partial charge in [0.15, 0.2) is 6.29 Å². The van der Waals surface area contributed by atoms with Crippen LogP contribution in [0.4, 0.5) is 0 Å². The van der Waals surface area contributed by atoms with Crippen molar-refractivity contribution in [2.75, 3.05) is 0 Å². The normalized spacial score (nSPS) is 10.9. The molecule has 3 heteroatoms. The molecule has 0 saturated heterocycles. The first kappa shape index (κ1) is 10.3. The molecule has 0 saturated carbocycles. The minimum Gasteiger partial charge on any atom is -0.298 e. The minimum atomic E-state index is 0.702. The molecular weight excluding hydrogens is 230 g/mol. The molecule has 3 rings (SSSR count). The fourth-order valence-corrected chi connectivity index (χ4v) is 2.95. The van der Waals surface area contributed by atoms with Crippen molar-refractivity contribution in [3.05, 3.63) is 53.0 Å². The molecule has 2 nitrogen and oxygen atoms in total. The van der Waals surface area contributed by atoms with E-state index in [1.807, 2.05) is 34.9 Å². The number of hydrogen-bond donors (Lipinski definition) is 0. The summed E-state index contributed by atoms with van der Waals surface area (Å²) in [7, 11) is 0. The van der Waals surface area contributed by atoms with Gasteiger partial charge < -0.3 is 0 Å². The Bertz CT molecular complexity index is 693. The number of thiophene rings is 1. The second-order valence-corrected chi connectivity index (χ2v) is 5.23. The van der Waals surface area contributed by atoms with Gasteiger partial charge >= 0.3 is 0 Å². The zero-order valence-electron chi connectivity index (χ0n) is 9.38. The molecule has 2 heterocycles. The molecule has 0 radical (unpaired) electrons. The lowest BCUT2D eigenvalue weighted by Gasteiger charge is -2.03. The number of carbonyl (C=O) groups is 1. The van der Waals surface area contributed by atoms with E-state index in [1.165, 1.54) is 4.88 Å². The standard InChI is InChI=1S/C14H11NOS/c1-10-6-7-14(17-10)15-12(9-16)8-11-4-2-3-5-13(11)15/h2-9H,1H3. The number of benzene rings is 1. The lowest BCUT2D eigenvalue weighted by atomic mass is 10.2. The van der Waals surface area contributed by atoms with Gasteiger partial charge in [-0.1, -0.05) is 18.2 Å². The molecule has 0 aliphatic rings. The van der Waals surface area contributed by atoms with Crippen molar-refractivity contribution >= 4 is 28.5 Å². The van der Waals surface area contributed by atoms with Crippen LogP contribution in [0.25, 0.3) is 15.9 Å². The molecule has 0 atom stereocenters. The summed E-state index contributed by atoms with van der Waals surface area (Å²) in [5, 5.41) is 2.19. The van der Waals surface area contributed by atoms with Crippen molar-refractivity contribution in [1.82, 2.24) is 4.57 Å². The summed E-state index contributed by atoms with van der Waals surface area (Å²) in [6.45, 7) is 2.07. The van der Waals surface area contributed by atoms with Crippen LogP contribution in [0.15, 0.2) is 42.5 Å². The second kappa shape index (κ2) is 3.86. The topological polar surface area (TPSA) is 22.0 Å². The molecule has 1 aromatic carbocycles. The molecule has 0 fully saturated rings. The van der Waals surface area contributed by atoms with E-state index in [-0.39, 0.29) is 0 Å². The number of para-hydroxylation sites is 1. The average molecular weight is 241 g/mol. The number of aldehydes is 1. The largest absolute Gasteiger partial charge is 0.298 e. The fourth-order valence-electron chi connectivity index (χ4n) is 2.05. The van der Waals surface area contributed by atoms with Crippen molar-refractivity contribution in [3.63, 3.8) is 0 Å². The van der Waals surface area contributed by atoms with E-state index in [2.05, 4.69) is 19.1 Å². The maximum absolute atomic E-state index is 11.2. The van der Waals surface area contributed by atoms with Gasteiger partial charge in [0.2, 0.25) is 0 Å². The number of fused-ring (bicyclic) bond motifs is 1. The van der Waals surface area contributed by atoms with Crippen molar-refractivity contribution in [1.29, 1.82) is 0 Å². The van der Waals surface area contributed by atoms with Crippen LogP contribution in [-0.4, -0.2) is 10.9 Å². The van der Waals surface area contributed by atoms with Crippen LogP contribution in [-0.2, 0) is 0 Å². The number of nitrogens with zero attached hydrogens (tertiary/aromatic N) is 1. The highest BCUT2D eigenvalue weighted by Crippen LogP contribution is 2.27. The quantitative estimate of drug-likeness (QED) is 0.625. The first-order chi connectivity index (χ1) is 8.29. The first-order valence-corrected chi connectivity index (χ1v) is 6.24. The Kier molecular flexibility index (Phi) is 2.34. The van der Waals surface area contributed by atoms with E-state index < -0.39 is 0 Å². The van der Waals surface area contributed by atoms with Gasteiger partial charge in [0.05, 0.1) is 11.2 Å². The molecule has 17 heavy (non-hydrogen) atoms. The summed E-state index contributed by atoms with van der Waals surface area (Å²) in [5.41, 5.74) is 1.78. The molecule has 0 unspecified atom stereocenters. The summed E-state index contributed by atoms with van der Waals surface area (Å²) >= 11 is 1.69. The minimum absolute atomic E-state index is 0.702. The number of carbonyl (C=O) groups excluding carboxylic acids is 1. The fraction of sp³-hybridized carbons (Fsp3) is 0.0714. The van der Waals surface area contributed by atoms with Gasteiger partial charge in [-0.15, -0.1) is 11.3 Å². The Balaban J connectivity index is 2.36. The van der Waals surface area contributed by atoms with E-state index in [0.717, 1.165) is 22.2 Å². The van der Waals surface area contributed by atoms with E-state index in [9.17, 15) is 4.79 Å². The third kappa shape index (κ3) is 1.59. The van der Waals surface area contributed by atoms with Crippen molar-refractivity contribution in [3.8, 4) is 5.00 Å². The van der Waals surface area contributed by atoms with E-state index in [1.54, 1.807) is 11.3 Å². The molecule has 84 valence electrons. The van der Waals surface area contributed by atoms with Crippen LogP contribution in [0.1, 0.15) is 15.4 Å². The molecule has 0 N–H and O–H groups in total. The maximum Gasteiger partial charge on any atom is 0.166 e. The van der Waals surface area contributed by atoms with Gasteiger partial charge in [-0.2, -0.15) is 0 Å². The van der Waals surface area contributed by atoms with Crippen LogP contribution >= 0.6 is 11.3 Å². The molecule has 0 amide bonds. The number of rotatable bonds is 2. The highest BCUT2D eigenvalue weighted by Gasteiger charge is 2.10. The van der Waals surface area contributed by atoms with Crippen molar-refractivity contribution in [2.24, 2.45) is 0 Å². The Hall–Kier alpha value is -1.87. The predicted octanol–water partition coefficient (Wildman–Crippen LogP) is 3.81. The van der Waals surface area contributed by atoms with Crippen LogP contribution in [0, 0.1) is 6.92 Å². The molecule has 3 aromatic rings. The highest BCUT2D eigenvalue weighted by atomic mass is 32.1.